The highest BCUT2D eigenvalue weighted by Crippen LogP contribution is 2.17. The Hall–Kier alpha value is -1.22. The van der Waals surface area contributed by atoms with E-state index in [0.29, 0.717) is 12.3 Å². The van der Waals surface area contributed by atoms with Crippen molar-refractivity contribution >= 4 is 23.5 Å². The van der Waals surface area contributed by atoms with Crippen molar-refractivity contribution in [3.63, 3.8) is 0 Å². The Morgan fingerprint density at radius 3 is 2.62 bits per heavy atom. The van der Waals surface area contributed by atoms with Gasteiger partial charge in [-0.2, -0.15) is 0 Å². The number of halogens is 3. The number of rotatable bonds is 4. The highest BCUT2D eigenvalue weighted by atomic mass is 35.5. The average Bonchev–Trinajstić information content (AvgIpc) is 2.21. The summed E-state index contributed by atoms with van der Waals surface area (Å²) in [7, 11) is 0. The molecule has 0 amide bonds. The van der Waals surface area contributed by atoms with Gasteiger partial charge in [0.2, 0.25) is 0 Å². The Bertz CT molecular complexity index is 427. The lowest BCUT2D eigenvalue weighted by Gasteiger charge is -2.02. The maximum atomic E-state index is 13.3. The summed E-state index contributed by atoms with van der Waals surface area (Å²) >= 11 is 5.46. The molecule has 0 aliphatic rings. The van der Waals surface area contributed by atoms with E-state index in [1.807, 2.05) is 0 Å². The Morgan fingerprint density at radius 2 is 2.06 bits per heavy atom. The van der Waals surface area contributed by atoms with E-state index in [1.165, 1.54) is 19.1 Å². The Balaban J connectivity index is 3.09. The van der Waals surface area contributed by atoms with E-state index in [4.69, 9.17) is 11.6 Å². The molecule has 1 aromatic carbocycles. The van der Waals surface area contributed by atoms with E-state index in [1.54, 1.807) is 6.08 Å². The highest BCUT2D eigenvalue weighted by Gasteiger charge is 2.11. The van der Waals surface area contributed by atoms with Crippen LogP contribution >= 0.6 is 11.6 Å². The molecule has 0 fully saturated rings. The summed E-state index contributed by atoms with van der Waals surface area (Å²) < 4.78 is 26.4. The first kappa shape index (κ1) is 12.8. The van der Waals surface area contributed by atoms with E-state index in [9.17, 15) is 13.6 Å². The second-order valence-corrected chi connectivity index (χ2v) is 3.67. The topological polar surface area (TPSA) is 17.1 Å². The number of carbonyl (C=O) groups excluding carboxylic acids is 1. The molecule has 0 spiro atoms. The van der Waals surface area contributed by atoms with Gasteiger partial charge in [0.1, 0.15) is 11.6 Å². The lowest BCUT2D eigenvalue weighted by Crippen LogP contribution is -1.99. The van der Waals surface area contributed by atoms with Crippen LogP contribution in [0.2, 0.25) is 0 Å². The summed E-state index contributed by atoms with van der Waals surface area (Å²) in [6, 6.07) is 1.93. The molecule has 0 N–H and O–H groups in total. The van der Waals surface area contributed by atoms with Crippen LogP contribution in [0.15, 0.2) is 18.2 Å². The van der Waals surface area contributed by atoms with Gasteiger partial charge in [0.05, 0.1) is 5.56 Å². The van der Waals surface area contributed by atoms with Crippen molar-refractivity contribution in [1.29, 1.82) is 0 Å². The van der Waals surface area contributed by atoms with E-state index < -0.39 is 17.4 Å². The van der Waals surface area contributed by atoms with Crippen LogP contribution in [0.5, 0.6) is 0 Å². The molecule has 0 saturated heterocycles. The number of carbonyl (C=O) groups is 1. The molecule has 1 nitrogen and oxygen atoms in total. The van der Waals surface area contributed by atoms with Gasteiger partial charge in [-0.1, -0.05) is 12.2 Å². The number of hydrogen-bond donors (Lipinski definition) is 0. The zero-order valence-electron chi connectivity index (χ0n) is 8.77. The zero-order chi connectivity index (χ0) is 12.1. The Kier molecular flexibility index (Phi) is 4.62. The minimum Gasteiger partial charge on any atom is -0.294 e. The van der Waals surface area contributed by atoms with Crippen molar-refractivity contribution in [1.82, 2.24) is 0 Å². The molecular weight excluding hydrogens is 234 g/mol. The van der Waals surface area contributed by atoms with Crippen LogP contribution in [0.4, 0.5) is 8.78 Å². The maximum absolute atomic E-state index is 13.3. The molecule has 4 heteroatoms. The van der Waals surface area contributed by atoms with Crippen molar-refractivity contribution in [2.75, 3.05) is 5.88 Å². The first-order valence-corrected chi connectivity index (χ1v) is 5.32. The van der Waals surface area contributed by atoms with Crippen LogP contribution in [-0.4, -0.2) is 11.7 Å². The van der Waals surface area contributed by atoms with E-state index in [-0.39, 0.29) is 11.1 Å². The third-order valence-corrected chi connectivity index (χ3v) is 2.26. The average molecular weight is 245 g/mol. The van der Waals surface area contributed by atoms with Gasteiger partial charge in [-0.3, -0.25) is 4.79 Å². The van der Waals surface area contributed by atoms with E-state index >= 15 is 0 Å². The molecule has 16 heavy (non-hydrogen) atoms. The van der Waals surface area contributed by atoms with Crippen LogP contribution in [0, 0.1) is 11.6 Å². The molecule has 0 unspecified atom stereocenters. The van der Waals surface area contributed by atoms with Crippen molar-refractivity contribution < 1.29 is 13.6 Å². The zero-order valence-corrected chi connectivity index (χ0v) is 9.52. The largest absolute Gasteiger partial charge is 0.294 e. The summed E-state index contributed by atoms with van der Waals surface area (Å²) in [6.07, 6.45) is 3.75. The number of hydrogen-bond acceptors (Lipinski definition) is 1. The molecule has 1 rings (SSSR count). The Labute approximate surface area is 97.7 Å². The van der Waals surface area contributed by atoms with Crippen LogP contribution in [0.1, 0.15) is 29.3 Å². The van der Waals surface area contributed by atoms with Crippen molar-refractivity contribution in [3.8, 4) is 0 Å². The molecule has 0 bridgehead atoms. The van der Waals surface area contributed by atoms with Gasteiger partial charge < -0.3 is 0 Å². The number of ketones is 1. The Morgan fingerprint density at radius 1 is 1.38 bits per heavy atom. The van der Waals surface area contributed by atoms with Crippen LogP contribution in [0.25, 0.3) is 6.08 Å². The maximum Gasteiger partial charge on any atom is 0.162 e. The second kappa shape index (κ2) is 5.75. The first-order chi connectivity index (χ1) is 7.56. The molecule has 1 aromatic rings. The summed E-state index contributed by atoms with van der Waals surface area (Å²) in [5.74, 6) is -1.52. The molecule has 86 valence electrons. The van der Waals surface area contributed by atoms with Gasteiger partial charge in [0.15, 0.2) is 5.78 Å². The molecule has 0 aliphatic heterocycles. The van der Waals surface area contributed by atoms with E-state index in [0.717, 1.165) is 6.07 Å². The quantitative estimate of drug-likeness (QED) is 0.581. The van der Waals surface area contributed by atoms with Crippen molar-refractivity contribution in [2.24, 2.45) is 0 Å². The van der Waals surface area contributed by atoms with Gasteiger partial charge in [-0.05, 0) is 19.4 Å². The summed E-state index contributed by atoms with van der Waals surface area (Å²) in [6.45, 7) is 1.24. The van der Waals surface area contributed by atoms with Crippen LogP contribution in [-0.2, 0) is 0 Å². The van der Waals surface area contributed by atoms with Gasteiger partial charge in [-0.15, -0.1) is 11.6 Å². The fourth-order valence-corrected chi connectivity index (χ4v) is 1.36. The highest BCUT2D eigenvalue weighted by molar-refractivity contribution is 6.17. The van der Waals surface area contributed by atoms with E-state index in [2.05, 4.69) is 0 Å². The number of Topliss-reactive ketones (excluding diaryl/α,β-unsaturated/α-hetero) is 1. The number of allylic oxidation sites excluding steroid dienone is 1. The third kappa shape index (κ3) is 3.14. The summed E-state index contributed by atoms with van der Waals surface area (Å²) in [5, 5.41) is 0. The van der Waals surface area contributed by atoms with Crippen LogP contribution in [0.3, 0.4) is 0 Å². The molecular formula is C12H11ClF2O. The molecule has 0 saturated carbocycles. The number of benzene rings is 1. The predicted octanol–water partition coefficient (Wildman–Crippen LogP) is 3.81. The van der Waals surface area contributed by atoms with Gasteiger partial charge in [-0.25, -0.2) is 8.78 Å². The standard InChI is InChI=1S/C12H11ClF2O/c1-8(16)10-6-9(4-2-3-5-13)11(14)7-12(10)15/h2,4,6-7H,3,5H2,1H3. The third-order valence-electron chi connectivity index (χ3n) is 2.04. The second-order valence-electron chi connectivity index (χ2n) is 3.29. The smallest absolute Gasteiger partial charge is 0.162 e. The molecule has 0 radical (unpaired) electrons. The lowest BCUT2D eigenvalue weighted by atomic mass is 10.1. The molecule has 0 atom stereocenters. The predicted molar refractivity (Wildman–Crippen MR) is 60.7 cm³/mol. The molecule has 0 aromatic heterocycles. The molecule has 0 heterocycles. The minimum absolute atomic E-state index is 0.105. The fraction of sp³-hybridized carbons (Fsp3) is 0.250. The minimum atomic E-state index is -0.834. The summed E-state index contributed by atoms with van der Waals surface area (Å²) in [4.78, 5) is 11.1. The fourth-order valence-electron chi connectivity index (χ4n) is 1.24. The van der Waals surface area contributed by atoms with Crippen LogP contribution < -0.4 is 0 Å². The monoisotopic (exact) mass is 244 g/mol. The first-order valence-electron chi connectivity index (χ1n) is 4.78. The SMILES string of the molecule is CC(=O)c1cc(C=CCCCl)c(F)cc1F. The summed E-state index contributed by atoms with van der Waals surface area (Å²) in [5.41, 5.74) is 0.0867. The molecule has 0 aliphatic carbocycles. The normalized spacial score (nSPS) is 11.0. The van der Waals surface area contributed by atoms with Gasteiger partial charge in [0.25, 0.3) is 0 Å². The van der Waals surface area contributed by atoms with Crippen molar-refractivity contribution in [3.05, 3.63) is 41.0 Å². The van der Waals surface area contributed by atoms with Gasteiger partial charge >= 0.3 is 0 Å². The van der Waals surface area contributed by atoms with Crippen molar-refractivity contribution in [2.45, 2.75) is 13.3 Å². The van der Waals surface area contributed by atoms with Gasteiger partial charge in [0, 0.05) is 17.5 Å². The lowest BCUT2D eigenvalue weighted by molar-refractivity contribution is 0.101. The number of alkyl halides is 1.